The van der Waals surface area contributed by atoms with Gasteiger partial charge in [-0.15, -0.1) is 0 Å². The highest BCUT2D eigenvalue weighted by atomic mass is 16.5. The molecular formula is C18H20O2. The smallest absolute Gasteiger partial charge is 0.146 e. The van der Waals surface area contributed by atoms with Crippen LogP contribution in [0.3, 0.4) is 0 Å². The highest BCUT2D eigenvalue weighted by Crippen LogP contribution is 2.46. The fourth-order valence-corrected chi connectivity index (χ4v) is 3.41. The van der Waals surface area contributed by atoms with Gasteiger partial charge >= 0.3 is 0 Å². The van der Waals surface area contributed by atoms with Crippen molar-refractivity contribution in [1.82, 2.24) is 0 Å². The Hall–Kier alpha value is -1.83. The Morgan fingerprint density at radius 1 is 1.30 bits per heavy atom. The molecule has 0 saturated heterocycles. The van der Waals surface area contributed by atoms with Crippen LogP contribution in [0, 0.1) is 5.41 Å². The van der Waals surface area contributed by atoms with Gasteiger partial charge in [0, 0.05) is 0 Å². The van der Waals surface area contributed by atoms with E-state index in [2.05, 4.69) is 26.0 Å². The van der Waals surface area contributed by atoms with Crippen LogP contribution in [-0.2, 0) is 11.2 Å². The molecule has 0 radical (unpaired) electrons. The molecule has 2 aliphatic rings. The summed E-state index contributed by atoms with van der Waals surface area (Å²) in [6, 6.07) is 6.29. The van der Waals surface area contributed by atoms with Crippen LogP contribution in [0.1, 0.15) is 44.2 Å². The van der Waals surface area contributed by atoms with Crippen LogP contribution in [0.15, 0.2) is 36.1 Å². The number of benzene rings is 1. The summed E-state index contributed by atoms with van der Waals surface area (Å²) in [4.78, 5) is 11.4. The number of rotatable bonds is 2. The summed E-state index contributed by atoms with van der Waals surface area (Å²) in [6.45, 7) is 4.47. The molecule has 0 atom stereocenters. The first-order valence-electron chi connectivity index (χ1n) is 7.25. The third-order valence-corrected chi connectivity index (χ3v) is 4.37. The molecule has 0 bridgehead atoms. The Morgan fingerprint density at radius 2 is 2.15 bits per heavy atom. The molecule has 0 unspecified atom stereocenters. The van der Waals surface area contributed by atoms with E-state index in [1.807, 2.05) is 12.1 Å². The Balaban J connectivity index is 2.11. The van der Waals surface area contributed by atoms with Crippen molar-refractivity contribution in [3.8, 4) is 5.75 Å². The molecule has 0 saturated carbocycles. The van der Waals surface area contributed by atoms with Gasteiger partial charge in [0.05, 0.1) is 6.26 Å². The number of hydrogen-bond donors (Lipinski definition) is 0. The lowest BCUT2D eigenvalue weighted by atomic mass is 9.70. The summed E-state index contributed by atoms with van der Waals surface area (Å²) in [5.41, 5.74) is 4.62. The second kappa shape index (κ2) is 4.93. The average Bonchev–Trinajstić information content (AvgIpc) is 2.45. The van der Waals surface area contributed by atoms with E-state index in [1.165, 1.54) is 16.7 Å². The van der Waals surface area contributed by atoms with Crippen LogP contribution >= 0.6 is 0 Å². The molecule has 0 aromatic heterocycles. The molecule has 2 heteroatoms. The van der Waals surface area contributed by atoms with Crippen LogP contribution in [0.2, 0.25) is 0 Å². The maximum atomic E-state index is 11.4. The predicted octanol–water partition coefficient (Wildman–Crippen LogP) is 4.30. The van der Waals surface area contributed by atoms with E-state index in [-0.39, 0.29) is 5.41 Å². The van der Waals surface area contributed by atoms with Crippen molar-refractivity contribution in [2.45, 2.75) is 39.5 Å². The van der Waals surface area contributed by atoms with Crippen molar-refractivity contribution < 1.29 is 9.53 Å². The number of allylic oxidation sites excluding steroid dienone is 3. The van der Waals surface area contributed by atoms with Crippen molar-refractivity contribution in [3.63, 3.8) is 0 Å². The first kappa shape index (κ1) is 13.2. The number of ether oxygens (including phenoxy) is 1. The number of fused-ring (bicyclic) bond motifs is 1. The minimum Gasteiger partial charge on any atom is -0.465 e. The van der Waals surface area contributed by atoms with Gasteiger partial charge in [0.1, 0.15) is 12.0 Å². The summed E-state index contributed by atoms with van der Waals surface area (Å²) in [5.74, 6) is 0.929. The maximum absolute atomic E-state index is 11.4. The van der Waals surface area contributed by atoms with Crippen molar-refractivity contribution in [2.75, 3.05) is 0 Å². The Kier molecular flexibility index (Phi) is 3.25. The van der Waals surface area contributed by atoms with Gasteiger partial charge < -0.3 is 4.74 Å². The molecule has 1 aromatic rings. The third-order valence-electron chi connectivity index (χ3n) is 4.37. The number of carbonyl (C=O) groups is 1. The molecule has 0 spiro atoms. The van der Waals surface area contributed by atoms with Gasteiger partial charge in [-0.05, 0) is 71.6 Å². The summed E-state index contributed by atoms with van der Waals surface area (Å²) >= 11 is 0. The van der Waals surface area contributed by atoms with Crippen molar-refractivity contribution >= 4 is 11.9 Å². The zero-order chi connectivity index (χ0) is 14.2. The lowest BCUT2D eigenvalue weighted by Crippen LogP contribution is -2.20. The molecule has 1 aromatic carbocycles. The molecule has 1 aliphatic heterocycles. The monoisotopic (exact) mass is 268 g/mol. The molecular weight excluding hydrogens is 248 g/mol. The highest BCUT2D eigenvalue weighted by Gasteiger charge is 2.31. The van der Waals surface area contributed by atoms with Gasteiger partial charge in [-0.3, -0.25) is 4.79 Å². The van der Waals surface area contributed by atoms with Crippen LogP contribution in [0.5, 0.6) is 5.75 Å². The summed E-state index contributed by atoms with van der Waals surface area (Å²) in [7, 11) is 0. The topological polar surface area (TPSA) is 26.3 Å². The minimum absolute atomic E-state index is 0.0636. The van der Waals surface area contributed by atoms with E-state index in [0.717, 1.165) is 43.3 Å². The zero-order valence-corrected chi connectivity index (χ0v) is 12.1. The molecule has 104 valence electrons. The molecule has 0 fully saturated rings. The van der Waals surface area contributed by atoms with E-state index in [1.54, 1.807) is 6.26 Å². The van der Waals surface area contributed by atoms with Gasteiger partial charge in [-0.2, -0.15) is 0 Å². The third kappa shape index (κ3) is 2.20. The van der Waals surface area contributed by atoms with E-state index in [0.29, 0.717) is 0 Å². The molecule has 1 aliphatic carbocycles. The second-order valence-corrected chi connectivity index (χ2v) is 6.27. The summed E-state index contributed by atoms with van der Waals surface area (Å²) < 4.78 is 5.50. The Labute approximate surface area is 120 Å². The normalized spacial score (nSPS) is 20.3. The highest BCUT2D eigenvalue weighted by molar-refractivity contribution is 5.90. The van der Waals surface area contributed by atoms with E-state index < -0.39 is 0 Å². The van der Waals surface area contributed by atoms with Gasteiger partial charge in [-0.25, -0.2) is 0 Å². The van der Waals surface area contributed by atoms with Crippen molar-refractivity contribution in [1.29, 1.82) is 0 Å². The Morgan fingerprint density at radius 3 is 2.95 bits per heavy atom. The van der Waals surface area contributed by atoms with E-state index >= 15 is 0 Å². The maximum Gasteiger partial charge on any atom is 0.146 e. The number of hydrogen-bond acceptors (Lipinski definition) is 2. The summed E-state index contributed by atoms with van der Waals surface area (Å²) in [5, 5.41) is 0. The van der Waals surface area contributed by atoms with E-state index in [9.17, 15) is 4.79 Å². The van der Waals surface area contributed by atoms with Gasteiger partial charge in [0.2, 0.25) is 0 Å². The number of aldehydes is 1. The summed E-state index contributed by atoms with van der Waals surface area (Å²) in [6.07, 6.45) is 8.83. The van der Waals surface area contributed by atoms with Crippen molar-refractivity contribution in [3.05, 3.63) is 47.2 Å². The minimum atomic E-state index is 0.0636. The second-order valence-electron chi connectivity index (χ2n) is 6.27. The Bertz CT molecular complexity index is 606. The lowest BCUT2D eigenvalue weighted by molar-refractivity contribution is -0.105. The molecule has 1 heterocycles. The van der Waals surface area contributed by atoms with Gasteiger partial charge in [0.15, 0.2) is 0 Å². The first-order valence-corrected chi connectivity index (χ1v) is 7.25. The zero-order valence-electron chi connectivity index (χ0n) is 12.1. The lowest BCUT2D eigenvalue weighted by Gasteiger charge is -2.34. The molecule has 20 heavy (non-hydrogen) atoms. The molecule has 2 nitrogen and oxygen atoms in total. The quantitative estimate of drug-likeness (QED) is 0.748. The first-order chi connectivity index (χ1) is 9.62. The van der Waals surface area contributed by atoms with Crippen LogP contribution in [-0.4, -0.2) is 6.29 Å². The fraction of sp³-hybridized carbons (Fsp3) is 0.389. The molecule has 0 N–H and O–H groups in total. The van der Waals surface area contributed by atoms with Gasteiger partial charge in [-0.1, -0.05) is 19.9 Å². The van der Waals surface area contributed by atoms with E-state index in [4.69, 9.17) is 4.74 Å². The number of carbonyl (C=O) groups excluding carboxylic acids is 1. The standard InChI is InChI=1S/C18H20O2/c1-18(2)9-3-5-15(12-19)17(18)14-7-8-16-13(11-14)6-4-10-20-16/h4,7-8,10-12H,3,5-6,9H2,1-2H3. The largest absolute Gasteiger partial charge is 0.465 e. The SMILES string of the molecule is CC1(C)CCCC(C=O)=C1c1ccc2c(c1)CC=CO2. The van der Waals surface area contributed by atoms with Crippen molar-refractivity contribution in [2.24, 2.45) is 5.41 Å². The predicted molar refractivity (Wildman–Crippen MR) is 80.5 cm³/mol. The van der Waals surface area contributed by atoms with Crippen LogP contribution < -0.4 is 4.74 Å². The molecule has 0 amide bonds. The average molecular weight is 268 g/mol. The van der Waals surface area contributed by atoms with Crippen LogP contribution in [0.25, 0.3) is 5.57 Å². The fourth-order valence-electron chi connectivity index (χ4n) is 3.41. The van der Waals surface area contributed by atoms with Gasteiger partial charge in [0.25, 0.3) is 0 Å². The molecule has 3 rings (SSSR count). The van der Waals surface area contributed by atoms with Crippen LogP contribution in [0.4, 0.5) is 0 Å².